The van der Waals surface area contributed by atoms with Crippen LogP contribution in [-0.2, 0) is 7.05 Å². The highest BCUT2D eigenvalue weighted by Crippen LogP contribution is 2.40. The summed E-state index contributed by atoms with van der Waals surface area (Å²) in [4.78, 5) is 5.79. The first-order chi connectivity index (χ1) is 15.3. The molecule has 2 aliphatic rings. The van der Waals surface area contributed by atoms with Crippen LogP contribution in [0.1, 0.15) is 25.7 Å². The number of phenolic OH excluding ortho intramolecular Hbond substituents is 1. The Labute approximate surface area is 184 Å². The molecule has 8 nitrogen and oxygen atoms in total. The van der Waals surface area contributed by atoms with Gasteiger partial charge in [-0.1, -0.05) is 12.5 Å². The zero-order valence-corrected chi connectivity index (χ0v) is 17.9. The number of fused-ring (bicyclic) bond motifs is 2. The van der Waals surface area contributed by atoms with Crippen molar-refractivity contribution in [3.8, 4) is 28.3 Å². The topological polar surface area (TPSA) is 92.0 Å². The van der Waals surface area contributed by atoms with Crippen LogP contribution >= 0.6 is 0 Å². The zero-order chi connectivity index (χ0) is 22.5. The second-order valence-electron chi connectivity index (χ2n) is 8.66. The number of anilines is 1. The van der Waals surface area contributed by atoms with Crippen molar-refractivity contribution in [1.82, 2.24) is 30.3 Å². The average molecular weight is 441 g/mol. The molecule has 1 aromatic carbocycles. The summed E-state index contributed by atoms with van der Waals surface area (Å²) >= 11 is 0. The fourth-order valence-corrected chi connectivity index (χ4v) is 4.77. The van der Waals surface area contributed by atoms with Gasteiger partial charge in [0.15, 0.2) is 11.6 Å². The number of halogens is 2. The van der Waals surface area contributed by atoms with Crippen LogP contribution in [0.25, 0.3) is 22.5 Å². The fraction of sp³-hybridized carbons (Fsp3) is 0.455. The van der Waals surface area contributed by atoms with Gasteiger partial charge < -0.3 is 15.3 Å². The molecule has 168 valence electrons. The number of nitrogens with zero attached hydrogens (tertiary/aromatic N) is 6. The lowest BCUT2D eigenvalue weighted by Gasteiger charge is -2.48. The van der Waals surface area contributed by atoms with Crippen LogP contribution < -0.4 is 10.2 Å². The van der Waals surface area contributed by atoms with Gasteiger partial charge in [0, 0.05) is 31.9 Å². The maximum Gasteiger partial charge on any atom is 0.283 e. The summed E-state index contributed by atoms with van der Waals surface area (Å²) in [5, 5.41) is 26.0. The molecule has 10 heteroatoms. The Kier molecular flexibility index (Phi) is 5.04. The quantitative estimate of drug-likeness (QED) is 0.643. The SMILES string of the molecule is CN(c1cnc(-c2ccc(-c3cnn(C)c3)cc2O)nn1)[C@H]1C[C@H]2CCC[C@H](N2)C1(F)F. The molecule has 2 saturated heterocycles. The monoisotopic (exact) mass is 441 g/mol. The molecule has 0 aliphatic carbocycles. The molecule has 3 atom stereocenters. The Hall–Kier alpha value is -3.14. The van der Waals surface area contributed by atoms with E-state index in [0.717, 1.165) is 24.0 Å². The van der Waals surface area contributed by atoms with E-state index in [1.165, 1.54) is 11.1 Å². The minimum Gasteiger partial charge on any atom is -0.507 e. The Balaban J connectivity index is 1.37. The van der Waals surface area contributed by atoms with Gasteiger partial charge in [-0.3, -0.25) is 4.68 Å². The van der Waals surface area contributed by atoms with E-state index in [2.05, 4.69) is 25.6 Å². The smallest absolute Gasteiger partial charge is 0.283 e. The van der Waals surface area contributed by atoms with Gasteiger partial charge in [0.1, 0.15) is 5.75 Å². The predicted octanol–water partition coefficient (Wildman–Crippen LogP) is 3.00. The molecular weight excluding hydrogens is 416 g/mol. The van der Waals surface area contributed by atoms with E-state index in [4.69, 9.17) is 0 Å². The molecule has 32 heavy (non-hydrogen) atoms. The van der Waals surface area contributed by atoms with E-state index >= 15 is 8.78 Å². The molecule has 2 aromatic heterocycles. The van der Waals surface area contributed by atoms with Crippen molar-refractivity contribution in [2.24, 2.45) is 7.05 Å². The van der Waals surface area contributed by atoms with Crippen molar-refractivity contribution >= 4 is 5.82 Å². The van der Waals surface area contributed by atoms with E-state index in [9.17, 15) is 5.11 Å². The Bertz CT molecular complexity index is 1120. The number of phenols is 1. The number of aromatic hydroxyl groups is 1. The highest BCUT2D eigenvalue weighted by molar-refractivity contribution is 5.72. The molecule has 2 bridgehead atoms. The van der Waals surface area contributed by atoms with Gasteiger partial charge >= 0.3 is 0 Å². The summed E-state index contributed by atoms with van der Waals surface area (Å²) in [6.07, 6.45) is 7.56. The van der Waals surface area contributed by atoms with E-state index in [-0.39, 0.29) is 23.4 Å². The molecule has 4 heterocycles. The van der Waals surface area contributed by atoms with Crippen LogP contribution in [-0.4, -0.2) is 61.2 Å². The van der Waals surface area contributed by atoms with Gasteiger partial charge in [-0.05, 0) is 37.0 Å². The van der Waals surface area contributed by atoms with Crippen LogP contribution in [0, 0.1) is 0 Å². The molecule has 0 saturated carbocycles. The van der Waals surface area contributed by atoms with Gasteiger partial charge in [-0.25, -0.2) is 13.8 Å². The number of hydrogen-bond donors (Lipinski definition) is 2. The summed E-state index contributed by atoms with van der Waals surface area (Å²) in [5.41, 5.74) is 2.10. The van der Waals surface area contributed by atoms with Gasteiger partial charge in [0.05, 0.1) is 30.0 Å². The normalized spacial score (nSPS) is 24.3. The molecule has 0 spiro atoms. The predicted molar refractivity (Wildman–Crippen MR) is 115 cm³/mol. The summed E-state index contributed by atoms with van der Waals surface area (Å²) in [5.74, 6) is -2.35. The van der Waals surface area contributed by atoms with Crippen LogP contribution in [0.4, 0.5) is 14.6 Å². The summed E-state index contributed by atoms with van der Waals surface area (Å²) in [7, 11) is 3.44. The number of aromatic nitrogens is 5. The van der Waals surface area contributed by atoms with Gasteiger partial charge in [-0.15, -0.1) is 10.2 Å². The summed E-state index contributed by atoms with van der Waals surface area (Å²) in [6.45, 7) is 0. The number of alkyl halides is 2. The molecule has 5 rings (SSSR count). The lowest BCUT2D eigenvalue weighted by Crippen LogP contribution is -2.67. The molecule has 2 N–H and O–H groups in total. The molecular formula is C22H25F2N7O. The van der Waals surface area contributed by atoms with Crippen molar-refractivity contribution < 1.29 is 13.9 Å². The Morgan fingerprint density at radius 1 is 1.19 bits per heavy atom. The van der Waals surface area contributed by atoms with Crippen LogP contribution in [0.2, 0.25) is 0 Å². The minimum atomic E-state index is -2.87. The van der Waals surface area contributed by atoms with Gasteiger partial charge in [0.25, 0.3) is 5.92 Å². The Morgan fingerprint density at radius 2 is 2.03 bits per heavy atom. The number of nitrogens with one attached hydrogen (secondary N) is 1. The third-order valence-corrected chi connectivity index (χ3v) is 6.55. The highest BCUT2D eigenvalue weighted by atomic mass is 19.3. The third kappa shape index (κ3) is 3.58. The maximum atomic E-state index is 15.0. The number of piperidine rings is 2. The first-order valence-electron chi connectivity index (χ1n) is 10.7. The lowest BCUT2D eigenvalue weighted by molar-refractivity contribution is -0.0989. The molecule has 0 amide bonds. The van der Waals surface area contributed by atoms with Crippen LogP contribution in [0.15, 0.2) is 36.8 Å². The average Bonchev–Trinajstić information content (AvgIpc) is 3.23. The van der Waals surface area contributed by atoms with Crippen molar-refractivity contribution in [3.63, 3.8) is 0 Å². The second-order valence-corrected chi connectivity index (χ2v) is 8.66. The third-order valence-electron chi connectivity index (χ3n) is 6.55. The molecule has 0 unspecified atom stereocenters. The minimum absolute atomic E-state index is 0.00645. The number of benzene rings is 1. The number of rotatable bonds is 4. The Morgan fingerprint density at radius 3 is 2.72 bits per heavy atom. The van der Waals surface area contributed by atoms with E-state index in [1.54, 1.807) is 30.1 Å². The van der Waals surface area contributed by atoms with Crippen molar-refractivity contribution in [2.75, 3.05) is 11.9 Å². The van der Waals surface area contributed by atoms with E-state index in [1.807, 2.05) is 19.3 Å². The van der Waals surface area contributed by atoms with Gasteiger partial charge in [0.2, 0.25) is 0 Å². The molecule has 0 radical (unpaired) electrons. The standard InChI is InChI=1S/C22H25F2N7O/c1-30-12-14(10-26-30)13-6-7-16(17(32)8-13)21-25-11-20(28-29-21)31(2)19-9-15-4-3-5-18(27-15)22(19,23)24/h6-8,10-12,15,18-19,27,32H,3-5,9H2,1-2H3/t15-,18+,19+/m1/s1. The van der Waals surface area contributed by atoms with Crippen molar-refractivity contribution in [3.05, 3.63) is 36.8 Å². The van der Waals surface area contributed by atoms with Crippen LogP contribution in [0.3, 0.4) is 0 Å². The van der Waals surface area contributed by atoms with Crippen LogP contribution in [0.5, 0.6) is 5.75 Å². The summed E-state index contributed by atoms with van der Waals surface area (Å²) in [6, 6.07) is 3.48. The van der Waals surface area contributed by atoms with E-state index in [0.29, 0.717) is 18.4 Å². The largest absolute Gasteiger partial charge is 0.507 e. The number of aryl methyl sites for hydroxylation is 1. The van der Waals surface area contributed by atoms with Crippen molar-refractivity contribution in [2.45, 2.75) is 49.7 Å². The van der Waals surface area contributed by atoms with E-state index < -0.39 is 18.0 Å². The van der Waals surface area contributed by atoms with Crippen molar-refractivity contribution in [1.29, 1.82) is 0 Å². The lowest BCUT2D eigenvalue weighted by atomic mass is 9.80. The zero-order valence-electron chi connectivity index (χ0n) is 17.9. The van der Waals surface area contributed by atoms with Gasteiger partial charge in [-0.2, -0.15) is 5.10 Å². The number of hydrogen-bond acceptors (Lipinski definition) is 7. The molecule has 2 aliphatic heterocycles. The molecule has 3 aromatic rings. The molecule has 2 fully saturated rings. The highest BCUT2D eigenvalue weighted by Gasteiger charge is 2.54. The maximum absolute atomic E-state index is 15.0. The summed E-state index contributed by atoms with van der Waals surface area (Å²) < 4.78 is 31.8. The first-order valence-corrected chi connectivity index (χ1v) is 10.7. The fourth-order valence-electron chi connectivity index (χ4n) is 4.77. The first kappa shape index (κ1) is 20.7. The second kappa shape index (κ2) is 7.77.